The summed E-state index contributed by atoms with van der Waals surface area (Å²) in [6.07, 6.45) is 0. The first kappa shape index (κ1) is 24.2. The number of para-hydroxylation sites is 1. The van der Waals surface area contributed by atoms with Gasteiger partial charge in [-0.2, -0.15) is 0 Å². The van der Waals surface area contributed by atoms with Crippen LogP contribution in [0, 0.1) is 6.92 Å². The number of guanidine groups is 1. The number of benzene rings is 2. The Morgan fingerprint density at radius 3 is 2.64 bits per heavy atom. The van der Waals surface area contributed by atoms with Gasteiger partial charge in [-0.25, -0.2) is 0 Å². The predicted molar refractivity (Wildman–Crippen MR) is 129 cm³/mol. The van der Waals surface area contributed by atoms with Gasteiger partial charge in [0.05, 0.1) is 13.7 Å². The van der Waals surface area contributed by atoms with Crippen LogP contribution in [0.15, 0.2) is 51.9 Å². The number of anilines is 1. The highest BCUT2D eigenvalue weighted by molar-refractivity contribution is 14.0. The molecule has 2 aromatic rings. The van der Waals surface area contributed by atoms with Gasteiger partial charge in [-0.15, -0.1) is 24.0 Å². The molecule has 6 nitrogen and oxygen atoms in total. The van der Waals surface area contributed by atoms with Crippen LogP contribution in [-0.2, 0) is 11.3 Å². The van der Waals surface area contributed by atoms with Gasteiger partial charge in [0.15, 0.2) is 5.96 Å². The monoisotopic (exact) mass is 560 g/mol. The van der Waals surface area contributed by atoms with Gasteiger partial charge in [0.2, 0.25) is 5.91 Å². The number of hydrogen-bond acceptors (Lipinski definition) is 3. The van der Waals surface area contributed by atoms with E-state index in [1.165, 1.54) is 0 Å². The van der Waals surface area contributed by atoms with Crippen LogP contribution in [0.4, 0.5) is 5.69 Å². The maximum atomic E-state index is 12.3. The molecule has 0 aliphatic heterocycles. The summed E-state index contributed by atoms with van der Waals surface area (Å²) in [4.78, 5) is 18.5. The third kappa shape index (κ3) is 6.97. The van der Waals surface area contributed by atoms with E-state index in [0.717, 1.165) is 27.0 Å². The number of carbonyl (C=O) groups is 1. The number of rotatable bonds is 6. The fourth-order valence-corrected chi connectivity index (χ4v) is 2.99. The second-order valence-electron chi connectivity index (χ2n) is 6.08. The lowest BCUT2D eigenvalue weighted by Crippen LogP contribution is -2.42. The molecule has 0 spiro atoms. The average molecular weight is 561 g/mol. The quantitative estimate of drug-likeness (QED) is 0.318. The van der Waals surface area contributed by atoms with Gasteiger partial charge in [0.1, 0.15) is 5.75 Å². The maximum Gasteiger partial charge on any atom is 0.243 e. The number of aryl methyl sites for hydroxylation is 1. The first-order valence-corrected chi connectivity index (χ1v) is 9.33. The van der Waals surface area contributed by atoms with Crippen LogP contribution in [0.3, 0.4) is 0 Å². The minimum Gasteiger partial charge on any atom is -0.496 e. The summed E-state index contributed by atoms with van der Waals surface area (Å²) in [6.45, 7) is 2.68. The van der Waals surface area contributed by atoms with E-state index in [9.17, 15) is 4.79 Å². The number of ether oxygens (including phenoxy) is 1. The molecule has 0 aromatic heterocycles. The number of halogens is 2. The molecule has 0 heterocycles. The molecule has 0 radical (unpaired) electrons. The molecule has 8 heteroatoms. The summed E-state index contributed by atoms with van der Waals surface area (Å²) in [5.41, 5.74) is 2.83. The largest absolute Gasteiger partial charge is 0.496 e. The molecule has 2 aromatic carbocycles. The van der Waals surface area contributed by atoms with Crippen LogP contribution in [0.2, 0.25) is 0 Å². The van der Waals surface area contributed by atoms with Crippen LogP contribution in [0.25, 0.3) is 0 Å². The van der Waals surface area contributed by atoms with Crippen LogP contribution in [-0.4, -0.2) is 44.5 Å². The Labute approximate surface area is 191 Å². The predicted octanol–water partition coefficient (Wildman–Crippen LogP) is 4.03. The molecule has 152 valence electrons. The second kappa shape index (κ2) is 11.9. The van der Waals surface area contributed by atoms with Gasteiger partial charge in [-0.05, 0) is 30.7 Å². The lowest BCUT2D eigenvalue weighted by Gasteiger charge is -2.23. The summed E-state index contributed by atoms with van der Waals surface area (Å²) in [5, 5.41) is 6.00. The maximum absolute atomic E-state index is 12.3. The molecule has 2 N–H and O–H groups in total. The molecular weight excluding hydrogens is 535 g/mol. The summed E-state index contributed by atoms with van der Waals surface area (Å²) in [6, 6.07) is 13.6. The molecule has 0 aliphatic carbocycles. The third-order valence-electron chi connectivity index (χ3n) is 4.05. The van der Waals surface area contributed by atoms with Crippen LogP contribution in [0.5, 0.6) is 5.75 Å². The summed E-state index contributed by atoms with van der Waals surface area (Å²) >= 11 is 3.42. The number of nitrogens with one attached hydrogen (secondary N) is 2. The molecule has 0 atom stereocenters. The van der Waals surface area contributed by atoms with Gasteiger partial charge in [0.25, 0.3) is 0 Å². The Hall–Kier alpha value is -1.81. The number of carbonyl (C=O) groups excluding carboxylic acids is 1. The molecule has 0 bridgehead atoms. The number of hydrogen-bond donors (Lipinski definition) is 2. The van der Waals surface area contributed by atoms with Gasteiger partial charge >= 0.3 is 0 Å². The van der Waals surface area contributed by atoms with Gasteiger partial charge in [0, 0.05) is 36.4 Å². The van der Waals surface area contributed by atoms with E-state index in [1.54, 1.807) is 14.2 Å². The third-order valence-corrected chi connectivity index (χ3v) is 4.55. The minimum atomic E-state index is -0.136. The smallest absolute Gasteiger partial charge is 0.243 e. The standard InChI is InChI=1S/C20H25BrN4O2.HI/c1-14-9-10-16(21)11-17(14)24-19(26)12-23-20(22-2)25(3)13-15-7-5-6-8-18(15)27-4;/h5-11H,12-13H2,1-4H3,(H,22,23)(H,24,26);1H. The molecule has 0 saturated carbocycles. The van der Waals surface area contributed by atoms with E-state index < -0.39 is 0 Å². The normalized spacial score (nSPS) is 10.7. The Morgan fingerprint density at radius 1 is 1.25 bits per heavy atom. The van der Waals surface area contributed by atoms with Crippen molar-refractivity contribution in [2.75, 3.05) is 33.1 Å². The lowest BCUT2D eigenvalue weighted by molar-refractivity contribution is -0.115. The van der Waals surface area contributed by atoms with Crippen molar-refractivity contribution in [2.45, 2.75) is 13.5 Å². The zero-order valence-corrected chi connectivity index (χ0v) is 20.4. The van der Waals surface area contributed by atoms with Crippen molar-refractivity contribution >= 4 is 57.5 Å². The Kier molecular flexibility index (Phi) is 10.3. The van der Waals surface area contributed by atoms with E-state index in [2.05, 4.69) is 31.6 Å². The Bertz CT molecular complexity index is 830. The molecule has 1 amide bonds. The van der Waals surface area contributed by atoms with Crippen molar-refractivity contribution in [1.82, 2.24) is 10.2 Å². The zero-order chi connectivity index (χ0) is 19.8. The van der Waals surface area contributed by atoms with E-state index >= 15 is 0 Å². The van der Waals surface area contributed by atoms with Gasteiger partial charge in [-0.3, -0.25) is 9.79 Å². The molecule has 0 saturated heterocycles. The minimum absolute atomic E-state index is 0. The van der Waals surface area contributed by atoms with Crippen LogP contribution >= 0.6 is 39.9 Å². The number of methoxy groups -OCH3 is 1. The van der Waals surface area contributed by atoms with Gasteiger partial charge in [-0.1, -0.05) is 40.2 Å². The Morgan fingerprint density at radius 2 is 1.96 bits per heavy atom. The molecule has 2 rings (SSSR count). The number of amides is 1. The van der Waals surface area contributed by atoms with Crippen LogP contribution < -0.4 is 15.4 Å². The summed E-state index contributed by atoms with van der Waals surface area (Å²) in [5.74, 6) is 1.31. The SMILES string of the molecule is CN=C(NCC(=O)Nc1cc(Br)ccc1C)N(C)Cc1ccccc1OC.I. The molecular formula is C20H26BrIN4O2. The number of aliphatic imine (C=N–C) groups is 1. The topological polar surface area (TPSA) is 66.0 Å². The summed E-state index contributed by atoms with van der Waals surface area (Å²) in [7, 11) is 5.26. The Balaban J connectivity index is 0.00000392. The zero-order valence-electron chi connectivity index (χ0n) is 16.5. The van der Waals surface area contributed by atoms with Crippen molar-refractivity contribution < 1.29 is 9.53 Å². The highest BCUT2D eigenvalue weighted by Crippen LogP contribution is 2.20. The van der Waals surface area contributed by atoms with Gasteiger partial charge < -0.3 is 20.3 Å². The van der Waals surface area contributed by atoms with E-state index in [1.807, 2.05) is 61.3 Å². The first-order valence-electron chi connectivity index (χ1n) is 8.54. The highest BCUT2D eigenvalue weighted by atomic mass is 127. The first-order chi connectivity index (χ1) is 12.9. The van der Waals surface area contributed by atoms with Crippen molar-refractivity contribution in [1.29, 1.82) is 0 Å². The lowest BCUT2D eigenvalue weighted by atomic mass is 10.2. The van der Waals surface area contributed by atoms with E-state index in [-0.39, 0.29) is 36.4 Å². The average Bonchev–Trinajstić information content (AvgIpc) is 2.65. The van der Waals surface area contributed by atoms with Crippen molar-refractivity contribution in [3.05, 3.63) is 58.1 Å². The highest BCUT2D eigenvalue weighted by Gasteiger charge is 2.12. The van der Waals surface area contributed by atoms with E-state index in [0.29, 0.717) is 12.5 Å². The van der Waals surface area contributed by atoms with E-state index in [4.69, 9.17) is 4.74 Å². The van der Waals surface area contributed by atoms with Crippen molar-refractivity contribution in [3.8, 4) is 5.75 Å². The van der Waals surface area contributed by atoms with Crippen molar-refractivity contribution in [3.63, 3.8) is 0 Å². The molecule has 0 fully saturated rings. The number of nitrogens with zero attached hydrogens (tertiary/aromatic N) is 2. The molecule has 0 unspecified atom stereocenters. The summed E-state index contributed by atoms with van der Waals surface area (Å²) < 4.78 is 6.31. The van der Waals surface area contributed by atoms with Crippen LogP contribution in [0.1, 0.15) is 11.1 Å². The fraction of sp³-hybridized carbons (Fsp3) is 0.300. The molecule has 28 heavy (non-hydrogen) atoms. The van der Waals surface area contributed by atoms with Crippen molar-refractivity contribution in [2.24, 2.45) is 4.99 Å². The molecule has 0 aliphatic rings. The fourth-order valence-electron chi connectivity index (χ4n) is 2.63. The second-order valence-corrected chi connectivity index (χ2v) is 6.99.